The average molecular weight is 283 g/mol. The third kappa shape index (κ3) is 3.17. The number of ether oxygens (including phenoxy) is 1. The molecule has 1 saturated carbocycles. The lowest BCUT2D eigenvalue weighted by atomic mass is 9.90. The maximum atomic E-state index is 11.4. The first-order valence-electron chi connectivity index (χ1n) is 7.92. The maximum absolute atomic E-state index is 11.4. The van der Waals surface area contributed by atoms with Crippen LogP contribution in [0, 0.1) is 17.3 Å². The number of rotatable bonds is 5. The van der Waals surface area contributed by atoms with Crippen LogP contribution in [0.3, 0.4) is 0 Å². The Morgan fingerprint density at radius 2 is 2.00 bits per heavy atom. The topological polar surface area (TPSA) is 49.8 Å². The number of aliphatic carboxylic acids is 1. The van der Waals surface area contributed by atoms with Crippen molar-refractivity contribution in [3.05, 3.63) is 0 Å². The van der Waals surface area contributed by atoms with Crippen LogP contribution in [0.2, 0.25) is 0 Å². The van der Waals surface area contributed by atoms with Crippen molar-refractivity contribution in [3.63, 3.8) is 0 Å². The first-order chi connectivity index (χ1) is 9.35. The molecule has 0 aromatic carbocycles. The summed E-state index contributed by atoms with van der Waals surface area (Å²) in [4.78, 5) is 13.9. The standard InChI is InChI=1S/C16H29NO3/c1-5-6-17(13-8-16(3,4)7-11(13)2)14-10-20-9-12(14)15(18)19/h11-14H,5-10H2,1-4H3,(H,18,19). The lowest BCUT2D eigenvalue weighted by Crippen LogP contribution is -2.50. The SMILES string of the molecule is CCCN(C1CC(C)(C)CC1C)C1COCC1C(=O)O. The fourth-order valence-corrected chi connectivity index (χ4v) is 4.24. The summed E-state index contributed by atoms with van der Waals surface area (Å²) in [5.74, 6) is -0.442. The molecule has 1 aliphatic heterocycles. The van der Waals surface area contributed by atoms with Crippen molar-refractivity contribution in [1.29, 1.82) is 0 Å². The van der Waals surface area contributed by atoms with Crippen LogP contribution in [-0.4, -0.2) is 47.8 Å². The van der Waals surface area contributed by atoms with Crippen LogP contribution >= 0.6 is 0 Å². The van der Waals surface area contributed by atoms with E-state index >= 15 is 0 Å². The summed E-state index contributed by atoms with van der Waals surface area (Å²) in [5.41, 5.74) is 0.369. The zero-order valence-electron chi connectivity index (χ0n) is 13.3. The second-order valence-electron chi connectivity index (χ2n) is 7.40. The van der Waals surface area contributed by atoms with Crippen LogP contribution in [0.5, 0.6) is 0 Å². The van der Waals surface area contributed by atoms with Gasteiger partial charge in [0.25, 0.3) is 0 Å². The Bertz CT molecular complexity index is 356. The normalized spacial score (nSPS) is 36.6. The van der Waals surface area contributed by atoms with E-state index in [0.29, 0.717) is 30.6 Å². The van der Waals surface area contributed by atoms with Gasteiger partial charge in [-0.1, -0.05) is 27.7 Å². The van der Waals surface area contributed by atoms with E-state index in [-0.39, 0.29) is 12.0 Å². The van der Waals surface area contributed by atoms with E-state index in [4.69, 9.17) is 4.74 Å². The first-order valence-corrected chi connectivity index (χ1v) is 7.92. The van der Waals surface area contributed by atoms with Gasteiger partial charge in [-0.25, -0.2) is 0 Å². The van der Waals surface area contributed by atoms with Crippen molar-refractivity contribution in [2.45, 2.75) is 59.0 Å². The molecule has 2 rings (SSSR count). The Hall–Kier alpha value is -0.610. The van der Waals surface area contributed by atoms with Gasteiger partial charge >= 0.3 is 5.97 Å². The molecule has 1 heterocycles. The van der Waals surface area contributed by atoms with E-state index < -0.39 is 5.97 Å². The van der Waals surface area contributed by atoms with Gasteiger partial charge in [-0.05, 0) is 37.1 Å². The molecule has 0 bridgehead atoms. The van der Waals surface area contributed by atoms with E-state index in [1.165, 1.54) is 6.42 Å². The maximum Gasteiger partial charge on any atom is 0.310 e. The minimum Gasteiger partial charge on any atom is -0.481 e. The molecule has 0 aromatic rings. The molecule has 1 aliphatic carbocycles. The molecule has 4 heteroatoms. The molecule has 0 radical (unpaired) electrons. The van der Waals surface area contributed by atoms with Crippen molar-refractivity contribution < 1.29 is 14.6 Å². The Kier molecular flexibility index (Phi) is 4.75. The van der Waals surface area contributed by atoms with Crippen molar-refractivity contribution in [3.8, 4) is 0 Å². The summed E-state index contributed by atoms with van der Waals surface area (Å²) in [7, 11) is 0. The highest BCUT2D eigenvalue weighted by atomic mass is 16.5. The van der Waals surface area contributed by atoms with Gasteiger partial charge in [0.2, 0.25) is 0 Å². The van der Waals surface area contributed by atoms with Crippen LogP contribution in [0.25, 0.3) is 0 Å². The molecule has 20 heavy (non-hydrogen) atoms. The van der Waals surface area contributed by atoms with Gasteiger partial charge < -0.3 is 9.84 Å². The molecule has 4 unspecified atom stereocenters. The summed E-state index contributed by atoms with van der Waals surface area (Å²) >= 11 is 0. The van der Waals surface area contributed by atoms with Crippen LogP contribution < -0.4 is 0 Å². The minimum absolute atomic E-state index is 0.0498. The Morgan fingerprint density at radius 1 is 1.30 bits per heavy atom. The monoisotopic (exact) mass is 283 g/mol. The van der Waals surface area contributed by atoms with Crippen LogP contribution in [0.1, 0.15) is 47.0 Å². The largest absolute Gasteiger partial charge is 0.481 e. The number of hydrogen-bond acceptors (Lipinski definition) is 3. The number of carboxylic acid groups (broad SMARTS) is 1. The molecule has 1 N–H and O–H groups in total. The second-order valence-corrected chi connectivity index (χ2v) is 7.40. The van der Waals surface area contributed by atoms with Gasteiger partial charge in [-0.2, -0.15) is 0 Å². The summed E-state index contributed by atoms with van der Waals surface area (Å²) in [6, 6.07) is 0.548. The number of nitrogens with zero attached hydrogens (tertiary/aromatic N) is 1. The van der Waals surface area contributed by atoms with Crippen molar-refractivity contribution in [2.75, 3.05) is 19.8 Å². The van der Waals surface area contributed by atoms with Crippen molar-refractivity contribution >= 4 is 5.97 Å². The molecule has 116 valence electrons. The molecule has 0 amide bonds. The van der Waals surface area contributed by atoms with E-state index in [1.54, 1.807) is 0 Å². The smallest absolute Gasteiger partial charge is 0.310 e. The van der Waals surface area contributed by atoms with Crippen LogP contribution in [0.15, 0.2) is 0 Å². The summed E-state index contributed by atoms with van der Waals surface area (Å²) in [6.07, 6.45) is 3.45. The van der Waals surface area contributed by atoms with Crippen molar-refractivity contribution in [2.24, 2.45) is 17.3 Å². The van der Waals surface area contributed by atoms with Gasteiger partial charge in [0.15, 0.2) is 0 Å². The van der Waals surface area contributed by atoms with Gasteiger partial charge in [0.05, 0.1) is 19.1 Å². The highest BCUT2D eigenvalue weighted by Crippen LogP contribution is 2.44. The molecule has 2 fully saturated rings. The number of hydrogen-bond donors (Lipinski definition) is 1. The quantitative estimate of drug-likeness (QED) is 0.842. The molecular formula is C16H29NO3. The summed E-state index contributed by atoms with van der Waals surface area (Å²) < 4.78 is 5.48. The van der Waals surface area contributed by atoms with Gasteiger partial charge in [0, 0.05) is 12.1 Å². The number of carboxylic acids is 1. The molecule has 1 saturated heterocycles. The zero-order chi connectivity index (χ0) is 14.9. The highest BCUT2D eigenvalue weighted by molar-refractivity contribution is 5.71. The predicted molar refractivity (Wildman–Crippen MR) is 78.7 cm³/mol. The molecular weight excluding hydrogens is 254 g/mol. The van der Waals surface area contributed by atoms with E-state index in [9.17, 15) is 9.90 Å². The Labute approximate surface area is 122 Å². The fourth-order valence-electron chi connectivity index (χ4n) is 4.24. The van der Waals surface area contributed by atoms with Crippen molar-refractivity contribution in [1.82, 2.24) is 4.90 Å². The van der Waals surface area contributed by atoms with E-state index in [2.05, 4.69) is 32.6 Å². The first kappa shape index (κ1) is 15.8. The van der Waals surface area contributed by atoms with E-state index in [0.717, 1.165) is 19.4 Å². The van der Waals surface area contributed by atoms with Gasteiger partial charge in [-0.3, -0.25) is 9.69 Å². The summed E-state index contributed by atoms with van der Waals surface area (Å²) in [6.45, 7) is 11.0. The third-order valence-corrected chi connectivity index (χ3v) is 4.99. The van der Waals surface area contributed by atoms with Gasteiger partial charge in [0.1, 0.15) is 0 Å². The molecule has 0 spiro atoms. The highest BCUT2D eigenvalue weighted by Gasteiger charge is 2.46. The third-order valence-electron chi connectivity index (χ3n) is 4.99. The number of carbonyl (C=O) groups is 1. The lowest BCUT2D eigenvalue weighted by molar-refractivity contribution is -0.143. The van der Waals surface area contributed by atoms with Crippen LogP contribution in [-0.2, 0) is 9.53 Å². The Morgan fingerprint density at radius 3 is 2.50 bits per heavy atom. The lowest BCUT2D eigenvalue weighted by Gasteiger charge is -2.37. The Balaban J connectivity index is 2.16. The second kappa shape index (κ2) is 6.02. The molecule has 2 aliphatic rings. The minimum atomic E-state index is -0.710. The van der Waals surface area contributed by atoms with E-state index in [1.807, 2.05) is 0 Å². The fraction of sp³-hybridized carbons (Fsp3) is 0.938. The molecule has 4 atom stereocenters. The molecule has 4 nitrogen and oxygen atoms in total. The summed E-state index contributed by atoms with van der Waals surface area (Å²) in [5, 5.41) is 9.41. The van der Waals surface area contributed by atoms with Crippen LogP contribution in [0.4, 0.5) is 0 Å². The predicted octanol–water partition coefficient (Wildman–Crippen LogP) is 2.62. The zero-order valence-corrected chi connectivity index (χ0v) is 13.3. The molecule has 0 aromatic heterocycles. The van der Waals surface area contributed by atoms with Gasteiger partial charge in [-0.15, -0.1) is 0 Å². The average Bonchev–Trinajstić information content (AvgIpc) is 2.90.